The van der Waals surface area contributed by atoms with Crippen LogP contribution in [0.5, 0.6) is 0 Å². The average Bonchev–Trinajstić information content (AvgIpc) is 2.77. The molecule has 2 rings (SSSR count). The molecule has 16 heavy (non-hydrogen) atoms. The highest BCUT2D eigenvalue weighted by Gasteiger charge is 2.44. The molecule has 2 nitrogen and oxygen atoms in total. The van der Waals surface area contributed by atoms with E-state index in [-0.39, 0.29) is 22.7 Å². The van der Waals surface area contributed by atoms with E-state index in [9.17, 15) is 4.79 Å². The second-order valence-electron chi connectivity index (χ2n) is 6.11. The summed E-state index contributed by atoms with van der Waals surface area (Å²) in [5.74, 6) is 1.95. The summed E-state index contributed by atoms with van der Waals surface area (Å²) in [6.07, 6.45) is 4.96. The lowest BCUT2D eigenvalue weighted by Crippen LogP contribution is -2.51. The molecule has 2 aliphatic rings. The van der Waals surface area contributed by atoms with Gasteiger partial charge in [-0.2, -0.15) is 0 Å². The minimum absolute atomic E-state index is 0.0463. The van der Waals surface area contributed by atoms with E-state index >= 15 is 0 Å². The summed E-state index contributed by atoms with van der Waals surface area (Å²) in [7, 11) is 0. The Bertz CT molecular complexity index is 288. The van der Waals surface area contributed by atoms with Crippen molar-refractivity contribution in [1.29, 1.82) is 0 Å². The van der Waals surface area contributed by atoms with Gasteiger partial charge in [0, 0.05) is 5.92 Å². The van der Waals surface area contributed by atoms with Crippen LogP contribution in [0.1, 0.15) is 46.5 Å². The number of hydrogen-bond donors (Lipinski definition) is 1. The summed E-state index contributed by atoms with van der Waals surface area (Å²) >= 11 is 6.08. The van der Waals surface area contributed by atoms with Crippen molar-refractivity contribution in [3.8, 4) is 0 Å². The van der Waals surface area contributed by atoms with Gasteiger partial charge in [0.05, 0.1) is 10.9 Å². The first-order chi connectivity index (χ1) is 7.40. The van der Waals surface area contributed by atoms with Gasteiger partial charge in [0.2, 0.25) is 5.91 Å². The molecule has 3 heteroatoms. The van der Waals surface area contributed by atoms with Gasteiger partial charge in [0.1, 0.15) is 0 Å². The number of fused-ring (bicyclic) bond motifs is 2. The molecule has 4 unspecified atom stereocenters. The maximum absolute atomic E-state index is 12.2. The molecule has 0 radical (unpaired) electrons. The summed E-state index contributed by atoms with van der Waals surface area (Å²) in [6.45, 7) is 5.92. The standard InChI is InChI=1S/C13H22ClNO/c1-8(14)13(2,3)15-12(16)11-7-9-4-5-10(11)6-9/h8-11H,4-7H2,1-3H3,(H,15,16). The van der Waals surface area contributed by atoms with Crippen LogP contribution in [0, 0.1) is 17.8 Å². The van der Waals surface area contributed by atoms with Gasteiger partial charge in [0.15, 0.2) is 0 Å². The van der Waals surface area contributed by atoms with Crippen LogP contribution in [-0.4, -0.2) is 16.8 Å². The van der Waals surface area contributed by atoms with Crippen LogP contribution in [-0.2, 0) is 4.79 Å². The third-order valence-corrected chi connectivity index (χ3v) is 5.06. The molecule has 2 aliphatic carbocycles. The molecule has 0 aromatic rings. The molecule has 2 fully saturated rings. The number of carbonyl (C=O) groups is 1. The van der Waals surface area contributed by atoms with Gasteiger partial charge < -0.3 is 5.32 Å². The molecule has 0 spiro atoms. The van der Waals surface area contributed by atoms with E-state index in [2.05, 4.69) is 5.32 Å². The third-order valence-electron chi connectivity index (χ3n) is 4.51. The minimum atomic E-state index is -0.305. The zero-order valence-corrected chi connectivity index (χ0v) is 11.2. The molecule has 92 valence electrons. The number of amides is 1. The van der Waals surface area contributed by atoms with Gasteiger partial charge >= 0.3 is 0 Å². The number of carbonyl (C=O) groups excluding carboxylic acids is 1. The Morgan fingerprint density at radius 2 is 2.06 bits per heavy atom. The van der Waals surface area contributed by atoms with Crippen LogP contribution in [0.2, 0.25) is 0 Å². The molecule has 1 amide bonds. The molecule has 1 N–H and O–H groups in total. The van der Waals surface area contributed by atoms with Gasteiger partial charge in [-0.25, -0.2) is 0 Å². The van der Waals surface area contributed by atoms with Crippen molar-refractivity contribution in [2.24, 2.45) is 17.8 Å². The predicted molar refractivity (Wildman–Crippen MR) is 66.5 cm³/mol. The lowest BCUT2D eigenvalue weighted by molar-refractivity contribution is -0.128. The van der Waals surface area contributed by atoms with Crippen LogP contribution in [0.3, 0.4) is 0 Å². The smallest absolute Gasteiger partial charge is 0.223 e. The molecule has 4 atom stereocenters. The Kier molecular flexibility index (Phi) is 3.22. The lowest BCUT2D eigenvalue weighted by Gasteiger charge is -2.32. The third kappa shape index (κ3) is 2.22. The van der Waals surface area contributed by atoms with E-state index in [1.165, 1.54) is 19.3 Å². The van der Waals surface area contributed by atoms with Crippen molar-refractivity contribution < 1.29 is 4.79 Å². The average molecular weight is 244 g/mol. The monoisotopic (exact) mass is 243 g/mol. The normalized spacial score (nSPS) is 35.1. The maximum atomic E-state index is 12.2. The Hall–Kier alpha value is -0.240. The number of hydrogen-bond acceptors (Lipinski definition) is 1. The number of rotatable bonds is 3. The molecule has 0 aromatic heterocycles. The predicted octanol–water partition coefficient (Wildman–Crippen LogP) is 2.94. The van der Waals surface area contributed by atoms with E-state index in [1.807, 2.05) is 20.8 Å². The summed E-state index contributed by atoms with van der Waals surface area (Å²) in [4.78, 5) is 12.2. The summed E-state index contributed by atoms with van der Waals surface area (Å²) in [5, 5.41) is 3.07. The number of alkyl halides is 1. The number of halogens is 1. The Morgan fingerprint density at radius 3 is 2.50 bits per heavy atom. The zero-order valence-electron chi connectivity index (χ0n) is 10.4. The van der Waals surface area contributed by atoms with Crippen LogP contribution >= 0.6 is 11.6 Å². The zero-order chi connectivity index (χ0) is 11.9. The first kappa shape index (κ1) is 12.2. The molecule has 2 bridgehead atoms. The lowest BCUT2D eigenvalue weighted by atomic mass is 9.87. The fourth-order valence-corrected chi connectivity index (χ4v) is 3.13. The van der Waals surface area contributed by atoms with Crippen LogP contribution < -0.4 is 5.32 Å². The maximum Gasteiger partial charge on any atom is 0.223 e. The van der Waals surface area contributed by atoms with Crippen LogP contribution in [0.25, 0.3) is 0 Å². The first-order valence-corrected chi connectivity index (χ1v) is 6.80. The van der Waals surface area contributed by atoms with Gasteiger partial charge in [-0.3, -0.25) is 4.79 Å². The molecule has 0 saturated heterocycles. The van der Waals surface area contributed by atoms with E-state index in [1.54, 1.807) is 0 Å². The van der Waals surface area contributed by atoms with E-state index in [4.69, 9.17) is 11.6 Å². The van der Waals surface area contributed by atoms with E-state index in [0.717, 1.165) is 12.3 Å². The van der Waals surface area contributed by atoms with Crippen molar-refractivity contribution in [3.05, 3.63) is 0 Å². The summed E-state index contributed by atoms with van der Waals surface area (Å²) < 4.78 is 0. The van der Waals surface area contributed by atoms with Crippen molar-refractivity contribution in [2.45, 2.75) is 57.4 Å². The second kappa shape index (κ2) is 4.21. The largest absolute Gasteiger partial charge is 0.350 e. The van der Waals surface area contributed by atoms with Crippen molar-refractivity contribution in [2.75, 3.05) is 0 Å². The van der Waals surface area contributed by atoms with Gasteiger partial charge in [-0.1, -0.05) is 6.42 Å². The van der Waals surface area contributed by atoms with Crippen molar-refractivity contribution in [3.63, 3.8) is 0 Å². The quantitative estimate of drug-likeness (QED) is 0.759. The Balaban J connectivity index is 1.94. The second-order valence-corrected chi connectivity index (χ2v) is 6.76. The SMILES string of the molecule is CC(Cl)C(C)(C)NC(=O)C1CC2CCC1C2. The van der Waals surface area contributed by atoms with Gasteiger partial charge in [-0.15, -0.1) is 11.6 Å². The number of nitrogens with one attached hydrogen (secondary N) is 1. The van der Waals surface area contributed by atoms with E-state index < -0.39 is 0 Å². The summed E-state index contributed by atoms with van der Waals surface area (Å²) in [6, 6.07) is 0. The molecule has 2 saturated carbocycles. The molecule has 0 heterocycles. The topological polar surface area (TPSA) is 29.1 Å². The minimum Gasteiger partial charge on any atom is -0.350 e. The molecular weight excluding hydrogens is 222 g/mol. The highest BCUT2D eigenvalue weighted by atomic mass is 35.5. The highest BCUT2D eigenvalue weighted by Crippen LogP contribution is 2.48. The van der Waals surface area contributed by atoms with Crippen molar-refractivity contribution in [1.82, 2.24) is 5.32 Å². The van der Waals surface area contributed by atoms with Crippen LogP contribution in [0.4, 0.5) is 0 Å². The summed E-state index contributed by atoms with van der Waals surface area (Å²) in [5.41, 5.74) is -0.305. The Morgan fingerprint density at radius 1 is 1.38 bits per heavy atom. The van der Waals surface area contributed by atoms with Gasteiger partial charge in [-0.05, 0) is 51.9 Å². The highest BCUT2D eigenvalue weighted by molar-refractivity contribution is 6.21. The molecule has 0 aromatic carbocycles. The Labute approximate surface area is 103 Å². The van der Waals surface area contributed by atoms with Crippen LogP contribution in [0.15, 0.2) is 0 Å². The fraction of sp³-hybridized carbons (Fsp3) is 0.923. The van der Waals surface area contributed by atoms with Gasteiger partial charge in [0.25, 0.3) is 0 Å². The molecular formula is C13H22ClNO. The van der Waals surface area contributed by atoms with Crippen molar-refractivity contribution >= 4 is 17.5 Å². The molecule has 0 aliphatic heterocycles. The first-order valence-electron chi connectivity index (χ1n) is 6.36. The fourth-order valence-electron chi connectivity index (χ4n) is 3.08. The van der Waals surface area contributed by atoms with E-state index in [0.29, 0.717) is 5.92 Å².